The van der Waals surface area contributed by atoms with Gasteiger partial charge in [0.05, 0.1) is 18.5 Å². The molecule has 0 aromatic heterocycles. The molecule has 88 valence electrons. The zero-order valence-corrected chi connectivity index (χ0v) is 10.0. The first-order valence-electron chi connectivity index (χ1n) is 5.46. The Balaban J connectivity index is 2.21. The van der Waals surface area contributed by atoms with Crippen molar-refractivity contribution in [1.29, 1.82) is 0 Å². The number of anilines is 3. The van der Waals surface area contributed by atoms with Gasteiger partial charge in [0.1, 0.15) is 5.75 Å². The van der Waals surface area contributed by atoms with Crippen LogP contribution in [-0.4, -0.2) is 7.11 Å². The minimum absolute atomic E-state index is 0.671. The lowest BCUT2D eigenvalue weighted by atomic mass is 10.2. The number of hydrogen-bond acceptors (Lipinski definition) is 3. The van der Waals surface area contributed by atoms with Gasteiger partial charge in [-0.05, 0) is 31.2 Å². The molecule has 0 bridgehead atoms. The molecule has 3 heteroatoms. The normalized spacial score (nSPS) is 10.0. The quantitative estimate of drug-likeness (QED) is 0.792. The largest absolute Gasteiger partial charge is 0.497 e. The predicted molar refractivity (Wildman–Crippen MR) is 71.9 cm³/mol. The zero-order valence-electron chi connectivity index (χ0n) is 10.0. The maximum atomic E-state index is 5.93. The predicted octanol–water partition coefficient (Wildman–Crippen LogP) is 3.33. The molecule has 0 saturated heterocycles. The molecule has 0 aliphatic carbocycles. The Labute approximate surface area is 101 Å². The molecule has 0 radical (unpaired) electrons. The van der Waals surface area contributed by atoms with Gasteiger partial charge in [-0.25, -0.2) is 0 Å². The number of nitrogens with one attached hydrogen (secondary N) is 1. The number of ether oxygens (including phenoxy) is 1. The highest BCUT2D eigenvalue weighted by atomic mass is 16.5. The van der Waals surface area contributed by atoms with Crippen LogP contribution in [0.25, 0.3) is 0 Å². The number of hydrogen-bond donors (Lipinski definition) is 2. The third-order valence-corrected chi connectivity index (χ3v) is 2.59. The van der Waals surface area contributed by atoms with Gasteiger partial charge >= 0.3 is 0 Å². The fraction of sp³-hybridized carbons (Fsp3) is 0.143. The monoisotopic (exact) mass is 228 g/mol. The van der Waals surface area contributed by atoms with Gasteiger partial charge < -0.3 is 15.8 Å². The van der Waals surface area contributed by atoms with E-state index in [0.29, 0.717) is 5.69 Å². The molecule has 0 amide bonds. The van der Waals surface area contributed by atoms with Gasteiger partial charge in [0, 0.05) is 11.8 Å². The molecule has 0 spiro atoms. The van der Waals surface area contributed by atoms with Crippen molar-refractivity contribution in [2.75, 3.05) is 18.2 Å². The van der Waals surface area contributed by atoms with Gasteiger partial charge in [0.25, 0.3) is 0 Å². The number of rotatable bonds is 3. The van der Waals surface area contributed by atoms with Gasteiger partial charge in [0.15, 0.2) is 0 Å². The Hall–Kier alpha value is -2.16. The minimum Gasteiger partial charge on any atom is -0.497 e. The van der Waals surface area contributed by atoms with Crippen molar-refractivity contribution in [1.82, 2.24) is 0 Å². The maximum Gasteiger partial charge on any atom is 0.121 e. The second-order valence-corrected chi connectivity index (χ2v) is 3.94. The van der Waals surface area contributed by atoms with Crippen molar-refractivity contribution in [3.05, 3.63) is 48.0 Å². The molecule has 3 nitrogen and oxygen atoms in total. The Kier molecular flexibility index (Phi) is 3.19. The average Bonchev–Trinajstić information content (AvgIpc) is 2.34. The first kappa shape index (κ1) is 11.3. The fourth-order valence-corrected chi connectivity index (χ4v) is 1.57. The molecule has 2 aromatic rings. The van der Waals surface area contributed by atoms with Crippen LogP contribution in [0, 0.1) is 6.92 Å². The van der Waals surface area contributed by atoms with E-state index in [1.54, 1.807) is 13.2 Å². The number of benzene rings is 2. The Morgan fingerprint density at radius 1 is 1.06 bits per heavy atom. The van der Waals surface area contributed by atoms with Crippen molar-refractivity contribution >= 4 is 17.1 Å². The van der Waals surface area contributed by atoms with Gasteiger partial charge in [-0.2, -0.15) is 0 Å². The van der Waals surface area contributed by atoms with E-state index in [0.717, 1.165) is 17.1 Å². The summed E-state index contributed by atoms with van der Waals surface area (Å²) in [6, 6.07) is 13.8. The van der Waals surface area contributed by atoms with Crippen molar-refractivity contribution in [2.45, 2.75) is 6.92 Å². The molecule has 2 rings (SSSR count). The van der Waals surface area contributed by atoms with Crippen LogP contribution in [-0.2, 0) is 0 Å². The fourth-order valence-electron chi connectivity index (χ4n) is 1.57. The zero-order chi connectivity index (χ0) is 12.3. The standard InChI is InChI=1S/C14H16N2O/c1-10-3-5-11(6-4-10)16-14-8-7-12(17-2)9-13(14)15/h3-9,16H,15H2,1-2H3. The summed E-state index contributed by atoms with van der Waals surface area (Å²) in [5, 5.41) is 3.27. The third kappa shape index (κ3) is 2.69. The van der Waals surface area contributed by atoms with Crippen molar-refractivity contribution < 1.29 is 4.74 Å². The van der Waals surface area contributed by atoms with Crippen LogP contribution >= 0.6 is 0 Å². The first-order valence-corrected chi connectivity index (χ1v) is 5.46. The first-order chi connectivity index (χ1) is 8.19. The van der Waals surface area contributed by atoms with Crippen LogP contribution in [0.15, 0.2) is 42.5 Å². The van der Waals surface area contributed by atoms with Crippen LogP contribution < -0.4 is 15.8 Å². The average molecular weight is 228 g/mol. The van der Waals surface area contributed by atoms with E-state index in [-0.39, 0.29) is 0 Å². The summed E-state index contributed by atoms with van der Waals surface area (Å²) in [5.74, 6) is 0.761. The highest BCUT2D eigenvalue weighted by Gasteiger charge is 2.01. The van der Waals surface area contributed by atoms with Crippen LogP contribution in [0.3, 0.4) is 0 Å². The smallest absolute Gasteiger partial charge is 0.121 e. The van der Waals surface area contributed by atoms with Crippen LogP contribution in [0.4, 0.5) is 17.1 Å². The van der Waals surface area contributed by atoms with Crippen LogP contribution in [0.2, 0.25) is 0 Å². The number of methoxy groups -OCH3 is 1. The van der Waals surface area contributed by atoms with E-state index in [1.165, 1.54) is 5.56 Å². The van der Waals surface area contributed by atoms with E-state index in [9.17, 15) is 0 Å². The summed E-state index contributed by atoms with van der Waals surface area (Å²) >= 11 is 0. The van der Waals surface area contributed by atoms with E-state index >= 15 is 0 Å². The second-order valence-electron chi connectivity index (χ2n) is 3.94. The SMILES string of the molecule is COc1ccc(Nc2ccc(C)cc2)c(N)c1. The molecule has 3 N–H and O–H groups in total. The lowest BCUT2D eigenvalue weighted by molar-refractivity contribution is 0.415. The van der Waals surface area contributed by atoms with Crippen molar-refractivity contribution in [2.24, 2.45) is 0 Å². The number of nitrogen functional groups attached to an aromatic ring is 1. The lowest BCUT2D eigenvalue weighted by Crippen LogP contribution is -1.97. The molecule has 0 aliphatic rings. The molecular formula is C14H16N2O. The lowest BCUT2D eigenvalue weighted by Gasteiger charge is -2.10. The summed E-state index contributed by atoms with van der Waals surface area (Å²) in [5.41, 5.74) is 9.74. The Bertz CT molecular complexity index is 506. The van der Waals surface area contributed by atoms with Crippen molar-refractivity contribution in [3.63, 3.8) is 0 Å². The molecule has 2 aromatic carbocycles. The maximum absolute atomic E-state index is 5.93. The molecule has 0 fully saturated rings. The topological polar surface area (TPSA) is 47.3 Å². The number of aryl methyl sites for hydroxylation is 1. The second kappa shape index (κ2) is 4.78. The minimum atomic E-state index is 0.671. The van der Waals surface area contributed by atoms with Gasteiger partial charge in [0.2, 0.25) is 0 Å². The number of nitrogens with two attached hydrogens (primary N) is 1. The Morgan fingerprint density at radius 3 is 2.35 bits per heavy atom. The molecule has 17 heavy (non-hydrogen) atoms. The van der Waals surface area contributed by atoms with Crippen LogP contribution in [0.1, 0.15) is 5.56 Å². The van der Waals surface area contributed by atoms with E-state index in [1.807, 2.05) is 24.3 Å². The Morgan fingerprint density at radius 2 is 1.76 bits per heavy atom. The van der Waals surface area contributed by atoms with Gasteiger partial charge in [-0.1, -0.05) is 17.7 Å². The van der Waals surface area contributed by atoms with E-state index < -0.39 is 0 Å². The highest BCUT2D eigenvalue weighted by Crippen LogP contribution is 2.27. The van der Waals surface area contributed by atoms with E-state index in [4.69, 9.17) is 10.5 Å². The molecule has 0 atom stereocenters. The summed E-state index contributed by atoms with van der Waals surface area (Å²) in [4.78, 5) is 0. The van der Waals surface area contributed by atoms with Gasteiger partial charge in [-0.3, -0.25) is 0 Å². The van der Waals surface area contributed by atoms with E-state index in [2.05, 4.69) is 24.4 Å². The summed E-state index contributed by atoms with van der Waals surface area (Å²) in [6.45, 7) is 2.06. The molecule has 0 saturated carbocycles. The molecule has 0 unspecified atom stereocenters. The third-order valence-electron chi connectivity index (χ3n) is 2.59. The van der Waals surface area contributed by atoms with Crippen molar-refractivity contribution in [3.8, 4) is 5.75 Å². The summed E-state index contributed by atoms with van der Waals surface area (Å²) < 4.78 is 5.11. The summed E-state index contributed by atoms with van der Waals surface area (Å²) in [6.07, 6.45) is 0. The summed E-state index contributed by atoms with van der Waals surface area (Å²) in [7, 11) is 1.63. The van der Waals surface area contributed by atoms with Gasteiger partial charge in [-0.15, -0.1) is 0 Å². The van der Waals surface area contributed by atoms with Crippen LogP contribution in [0.5, 0.6) is 5.75 Å². The molecule has 0 heterocycles. The molecular weight excluding hydrogens is 212 g/mol. The highest BCUT2D eigenvalue weighted by molar-refractivity contribution is 5.73. The molecule has 0 aliphatic heterocycles.